The van der Waals surface area contributed by atoms with Crippen molar-refractivity contribution in [3.05, 3.63) is 59.9 Å². The highest BCUT2D eigenvalue weighted by Crippen LogP contribution is 2.50. The second-order valence-corrected chi connectivity index (χ2v) is 7.15. The fourth-order valence-electron chi connectivity index (χ4n) is 3.92. The van der Waals surface area contributed by atoms with Gasteiger partial charge in [0, 0.05) is 31.0 Å². The fraction of sp³-hybridized carbons (Fsp3) is 0.429. The van der Waals surface area contributed by atoms with E-state index in [1.165, 1.54) is 25.0 Å². The second kappa shape index (κ2) is 7.04. The third-order valence-electron chi connectivity index (χ3n) is 5.65. The number of ether oxygens (including phenoxy) is 2. The molecule has 2 aromatic carbocycles. The van der Waals surface area contributed by atoms with Gasteiger partial charge in [-0.3, -0.25) is 0 Å². The molecule has 1 aliphatic carbocycles. The Morgan fingerprint density at radius 2 is 1.88 bits per heavy atom. The van der Waals surface area contributed by atoms with Crippen molar-refractivity contribution in [3.8, 4) is 5.75 Å². The molecule has 0 aromatic heterocycles. The van der Waals surface area contributed by atoms with E-state index in [1.807, 2.05) is 12.1 Å². The molecule has 0 radical (unpaired) electrons. The molecule has 1 atom stereocenters. The maximum absolute atomic E-state index is 13.0. The summed E-state index contributed by atoms with van der Waals surface area (Å²) < 4.78 is 24.3. The van der Waals surface area contributed by atoms with Gasteiger partial charge in [0.1, 0.15) is 18.2 Å². The molecule has 1 unspecified atom stereocenters. The van der Waals surface area contributed by atoms with Gasteiger partial charge in [-0.25, -0.2) is 4.39 Å². The summed E-state index contributed by atoms with van der Waals surface area (Å²) in [5, 5.41) is 3.70. The number of rotatable bonds is 5. The van der Waals surface area contributed by atoms with E-state index in [0.717, 1.165) is 43.1 Å². The van der Waals surface area contributed by atoms with Gasteiger partial charge in [-0.1, -0.05) is 18.2 Å². The molecular formula is C21H24FNO2. The minimum atomic E-state index is -0.225. The molecule has 1 saturated carbocycles. The lowest BCUT2D eigenvalue weighted by Gasteiger charge is -2.52. The van der Waals surface area contributed by atoms with Gasteiger partial charge in [-0.15, -0.1) is 0 Å². The molecule has 3 nitrogen and oxygen atoms in total. The number of halogens is 1. The van der Waals surface area contributed by atoms with Crippen LogP contribution in [0.25, 0.3) is 0 Å². The van der Waals surface area contributed by atoms with Crippen LogP contribution in [-0.2, 0) is 11.3 Å². The first-order valence-corrected chi connectivity index (χ1v) is 9.05. The lowest BCUT2D eigenvalue weighted by atomic mass is 9.60. The Morgan fingerprint density at radius 1 is 1.08 bits per heavy atom. The highest BCUT2D eigenvalue weighted by molar-refractivity contribution is 5.49. The molecule has 1 aliphatic heterocycles. The third kappa shape index (κ3) is 3.64. The van der Waals surface area contributed by atoms with Crippen LogP contribution in [0.5, 0.6) is 5.75 Å². The quantitative estimate of drug-likeness (QED) is 0.849. The molecule has 1 heterocycles. The Hall–Kier alpha value is -2.07. The summed E-state index contributed by atoms with van der Waals surface area (Å²) in [5.74, 6) is 0.604. The topological polar surface area (TPSA) is 30.5 Å². The number of benzene rings is 2. The zero-order valence-corrected chi connectivity index (χ0v) is 14.3. The number of anilines is 1. The maximum atomic E-state index is 13.0. The minimum absolute atomic E-state index is 0.225. The SMILES string of the molecule is Fc1ccc(COc2cccc(NC3CCC34CCOCC4)c2)cc1. The van der Waals surface area contributed by atoms with E-state index in [4.69, 9.17) is 9.47 Å². The largest absolute Gasteiger partial charge is 0.489 e. The predicted octanol–water partition coefficient (Wildman–Crippen LogP) is 4.78. The molecule has 1 N–H and O–H groups in total. The molecular weight excluding hydrogens is 317 g/mol. The average Bonchev–Trinajstić information content (AvgIpc) is 2.66. The monoisotopic (exact) mass is 341 g/mol. The first-order chi connectivity index (χ1) is 12.2. The molecule has 1 spiro atoms. The average molecular weight is 341 g/mol. The predicted molar refractivity (Wildman–Crippen MR) is 96.3 cm³/mol. The molecule has 0 bridgehead atoms. The molecule has 4 rings (SSSR count). The molecule has 2 aromatic rings. The lowest BCUT2D eigenvalue weighted by Crippen LogP contribution is -2.52. The molecule has 0 amide bonds. The van der Waals surface area contributed by atoms with Crippen LogP contribution in [0.2, 0.25) is 0 Å². The van der Waals surface area contributed by atoms with E-state index < -0.39 is 0 Å². The standard InChI is InChI=1S/C21H24FNO2/c22-17-6-4-16(5-7-17)15-25-19-3-1-2-18(14-19)23-20-8-9-21(20)10-12-24-13-11-21/h1-7,14,20,23H,8-13,15H2. The molecule has 2 aliphatic rings. The molecule has 132 valence electrons. The van der Waals surface area contributed by atoms with E-state index in [2.05, 4.69) is 17.4 Å². The zero-order valence-electron chi connectivity index (χ0n) is 14.3. The van der Waals surface area contributed by atoms with Gasteiger partial charge in [0.05, 0.1) is 0 Å². The van der Waals surface area contributed by atoms with Crippen LogP contribution in [0, 0.1) is 11.2 Å². The third-order valence-corrected chi connectivity index (χ3v) is 5.65. The Labute approximate surface area is 148 Å². The Balaban J connectivity index is 1.37. The van der Waals surface area contributed by atoms with Crippen LogP contribution in [-0.4, -0.2) is 19.3 Å². The fourth-order valence-corrected chi connectivity index (χ4v) is 3.92. The van der Waals surface area contributed by atoms with E-state index in [0.29, 0.717) is 18.1 Å². The van der Waals surface area contributed by atoms with E-state index in [-0.39, 0.29) is 5.82 Å². The van der Waals surface area contributed by atoms with Crippen LogP contribution in [0.4, 0.5) is 10.1 Å². The van der Waals surface area contributed by atoms with Crippen molar-refractivity contribution < 1.29 is 13.9 Å². The van der Waals surface area contributed by atoms with Crippen molar-refractivity contribution in [1.82, 2.24) is 0 Å². The Kier molecular flexibility index (Phi) is 4.62. The van der Waals surface area contributed by atoms with Crippen molar-refractivity contribution in [2.45, 2.75) is 38.3 Å². The molecule has 2 fully saturated rings. The lowest BCUT2D eigenvalue weighted by molar-refractivity contribution is -0.0378. The summed E-state index contributed by atoms with van der Waals surface area (Å²) in [5.41, 5.74) is 2.48. The van der Waals surface area contributed by atoms with Gasteiger partial charge in [0.25, 0.3) is 0 Å². The molecule has 25 heavy (non-hydrogen) atoms. The van der Waals surface area contributed by atoms with Crippen molar-refractivity contribution in [3.63, 3.8) is 0 Å². The van der Waals surface area contributed by atoms with E-state index >= 15 is 0 Å². The number of hydrogen-bond donors (Lipinski definition) is 1. The van der Waals surface area contributed by atoms with Crippen LogP contribution < -0.4 is 10.1 Å². The zero-order chi connectivity index (χ0) is 17.1. The van der Waals surface area contributed by atoms with Gasteiger partial charge in [0.15, 0.2) is 0 Å². The highest BCUT2D eigenvalue weighted by Gasteiger charge is 2.47. The van der Waals surface area contributed by atoms with Crippen LogP contribution in [0.15, 0.2) is 48.5 Å². The van der Waals surface area contributed by atoms with Gasteiger partial charge in [-0.2, -0.15) is 0 Å². The van der Waals surface area contributed by atoms with Crippen molar-refractivity contribution >= 4 is 5.69 Å². The van der Waals surface area contributed by atoms with E-state index in [9.17, 15) is 4.39 Å². The van der Waals surface area contributed by atoms with Gasteiger partial charge >= 0.3 is 0 Å². The number of nitrogens with one attached hydrogen (secondary N) is 1. The highest BCUT2D eigenvalue weighted by atomic mass is 19.1. The first-order valence-electron chi connectivity index (χ1n) is 9.05. The Morgan fingerprint density at radius 3 is 2.60 bits per heavy atom. The van der Waals surface area contributed by atoms with Crippen LogP contribution in [0.1, 0.15) is 31.2 Å². The van der Waals surface area contributed by atoms with Crippen molar-refractivity contribution in [2.24, 2.45) is 5.41 Å². The molecule has 4 heteroatoms. The van der Waals surface area contributed by atoms with Gasteiger partial charge < -0.3 is 14.8 Å². The normalized spacial score (nSPS) is 21.6. The molecule has 1 saturated heterocycles. The van der Waals surface area contributed by atoms with Crippen molar-refractivity contribution in [2.75, 3.05) is 18.5 Å². The second-order valence-electron chi connectivity index (χ2n) is 7.15. The summed E-state index contributed by atoms with van der Waals surface area (Å²) in [6.07, 6.45) is 4.84. The minimum Gasteiger partial charge on any atom is -0.489 e. The summed E-state index contributed by atoms with van der Waals surface area (Å²) in [6.45, 7) is 2.21. The summed E-state index contributed by atoms with van der Waals surface area (Å²) in [4.78, 5) is 0. The van der Waals surface area contributed by atoms with Crippen LogP contribution in [0.3, 0.4) is 0 Å². The Bertz CT molecular complexity index is 710. The van der Waals surface area contributed by atoms with Crippen molar-refractivity contribution in [1.29, 1.82) is 0 Å². The van der Waals surface area contributed by atoms with Crippen LogP contribution >= 0.6 is 0 Å². The first kappa shape index (κ1) is 16.4. The summed E-state index contributed by atoms with van der Waals surface area (Å²) in [7, 11) is 0. The number of hydrogen-bond acceptors (Lipinski definition) is 3. The smallest absolute Gasteiger partial charge is 0.123 e. The summed E-state index contributed by atoms with van der Waals surface area (Å²) >= 11 is 0. The van der Waals surface area contributed by atoms with Gasteiger partial charge in [0.2, 0.25) is 0 Å². The summed E-state index contributed by atoms with van der Waals surface area (Å²) in [6, 6.07) is 15.1. The van der Waals surface area contributed by atoms with E-state index in [1.54, 1.807) is 12.1 Å². The maximum Gasteiger partial charge on any atom is 0.123 e. The van der Waals surface area contributed by atoms with Gasteiger partial charge in [-0.05, 0) is 60.9 Å².